The molecular weight excluding hydrogens is 362 g/mol. The molecule has 0 unspecified atom stereocenters. The van der Waals surface area contributed by atoms with Crippen LogP contribution in [0.1, 0.15) is 5.56 Å². The monoisotopic (exact) mass is 389 g/mol. The van der Waals surface area contributed by atoms with E-state index in [1.54, 1.807) is 7.11 Å². The number of hydrogen-bond donors (Lipinski definition) is 1. The normalized spacial score (nSPS) is 14.6. The van der Waals surface area contributed by atoms with Gasteiger partial charge in [-0.25, -0.2) is 4.98 Å². The smallest absolute Gasteiger partial charge is 0.227 e. The molecule has 1 N–H and O–H groups in total. The Morgan fingerprint density at radius 2 is 1.66 bits per heavy atom. The van der Waals surface area contributed by atoms with Crippen molar-refractivity contribution in [3.05, 3.63) is 66.2 Å². The zero-order valence-electron chi connectivity index (χ0n) is 17.0. The number of nitrogens with one attached hydrogen (secondary N) is 1. The Morgan fingerprint density at radius 3 is 2.41 bits per heavy atom. The first-order chi connectivity index (χ1) is 14.2. The van der Waals surface area contributed by atoms with Crippen LogP contribution in [0.4, 0.5) is 11.8 Å². The summed E-state index contributed by atoms with van der Waals surface area (Å²) >= 11 is 0. The predicted molar refractivity (Wildman–Crippen MR) is 117 cm³/mol. The number of nitrogens with zero attached hydrogens (tertiary/aromatic N) is 4. The van der Waals surface area contributed by atoms with Crippen LogP contribution in [0.25, 0.3) is 11.3 Å². The number of rotatable bonds is 6. The summed E-state index contributed by atoms with van der Waals surface area (Å²) in [6.07, 6.45) is 0. The minimum Gasteiger partial charge on any atom is -0.496 e. The van der Waals surface area contributed by atoms with E-state index in [9.17, 15) is 0 Å². The molecule has 1 fully saturated rings. The Labute approximate surface area is 172 Å². The molecule has 0 saturated carbocycles. The molecule has 0 radical (unpaired) electrons. The van der Waals surface area contributed by atoms with Gasteiger partial charge in [-0.15, -0.1) is 0 Å². The highest BCUT2D eigenvalue weighted by atomic mass is 16.5. The number of piperazine rings is 1. The molecule has 0 amide bonds. The zero-order chi connectivity index (χ0) is 20.1. The van der Waals surface area contributed by atoms with E-state index in [1.807, 2.05) is 42.5 Å². The minimum atomic E-state index is 0.636. The second-order valence-corrected chi connectivity index (χ2v) is 7.26. The zero-order valence-corrected chi connectivity index (χ0v) is 17.0. The SMILES string of the molecule is COc1ccccc1CNc1cc(-c2ccccc2)nc(N2CCN(C)CC2)n1. The summed E-state index contributed by atoms with van der Waals surface area (Å²) in [7, 11) is 3.85. The molecule has 2 heterocycles. The molecule has 150 valence electrons. The second-order valence-electron chi connectivity index (χ2n) is 7.26. The third kappa shape index (κ3) is 4.66. The summed E-state index contributed by atoms with van der Waals surface area (Å²) in [5.41, 5.74) is 3.11. The summed E-state index contributed by atoms with van der Waals surface area (Å²) < 4.78 is 5.47. The molecule has 0 atom stereocenters. The maximum absolute atomic E-state index is 5.47. The molecule has 6 nitrogen and oxygen atoms in total. The van der Waals surface area contributed by atoms with E-state index in [0.717, 1.165) is 60.5 Å². The molecule has 1 aliphatic rings. The third-order valence-electron chi connectivity index (χ3n) is 5.22. The van der Waals surface area contributed by atoms with Crippen LogP contribution in [-0.2, 0) is 6.54 Å². The van der Waals surface area contributed by atoms with E-state index in [2.05, 4.69) is 40.4 Å². The number of aromatic nitrogens is 2. The van der Waals surface area contributed by atoms with Gasteiger partial charge >= 0.3 is 0 Å². The first kappa shape index (κ1) is 19.2. The van der Waals surface area contributed by atoms with Gasteiger partial charge in [0.1, 0.15) is 11.6 Å². The van der Waals surface area contributed by atoms with Gasteiger partial charge in [0.05, 0.1) is 12.8 Å². The topological polar surface area (TPSA) is 53.5 Å². The number of benzene rings is 2. The lowest BCUT2D eigenvalue weighted by Crippen LogP contribution is -2.45. The average molecular weight is 390 g/mol. The van der Waals surface area contributed by atoms with Gasteiger partial charge in [0.25, 0.3) is 0 Å². The Morgan fingerprint density at radius 1 is 0.931 bits per heavy atom. The number of hydrogen-bond acceptors (Lipinski definition) is 6. The molecule has 4 rings (SSSR count). The van der Waals surface area contributed by atoms with Crippen LogP contribution in [0, 0.1) is 0 Å². The summed E-state index contributed by atoms with van der Waals surface area (Å²) in [6, 6.07) is 20.3. The Hall–Kier alpha value is -3.12. The van der Waals surface area contributed by atoms with Crippen molar-refractivity contribution >= 4 is 11.8 Å². The van der Waals surface area contributed by atoms with Gasteiger partial charge < -0.3 is 19.9 Å². The van der Waals surface area contributed by atoms with Gasteiger partial charge in [0.2, 0.25) is 5.95 Å². The van der Waals surface area contributed by atoms with E-state index >= 15 is 0 Å². The van der Waals surface area contributed by atoms with Crippen molar-refractivity contribution in [2.24, 2.45) is 0 Å². The minimum absolute atomic E-state index is 0.636. The van der Waals surface area contributed by atoms with Crippen molar-refractivity contribution in [2.75, 3.05) is 50.6 Å². The van der Waals surface area contributed by atoms with Crippen molar-refractivity contribution in [2.45, 2.75) is 6.54 Å². The van der Waals surface area contributed by atoms with Crippen molar-refractivity contribution in [1.82, 2.24) is 14.9 Å². The van der Waals surface area contributed by atoms with E-state index < -0.39 is 0 Å². The number of para-hydroxylation sites is 1. The maximum Gasteiger partial charge on any atom is 0.227 e. The quantitative estimate of drug-likeness (QED) is 0.696. The molecular formula is C23H27N5O. The Kier molecular flexibility index (Phi) is 5.91. The van der Waals surface area contributed by atoms with Crippen molar-refractivity contribution in [3.63, 3.8) is 0 Å². The van der Waals surface area contributed by atoms with Gasteiger partial charge in [-0.2, -0.15) is 4.98 Å². The highest BCUT2D eigenvalue weighted by molar-refractivity contribution is 5.64. The summed E-state index contributed by atoms with van der Waals surface area (Å²) in [5, 5.41) is 3.47. The van der Waals surface area contributed by atoms with Crippen LogP contribution in [-0.4, -0.2) is 55.2 Å². The first-order valence-electron chi connectivity index (χ1n) is 9.97. The fourth-order valence-corrected chi connectivity index (χ4v) is 3.46. The van der Waals surface area contributed by atoms with E-state index in [-0.39, 0.29) is 0 Å². The lowest BCUT2D eigenvalue weighted by Gasteiger charge is -2.32. The van der Waals surface area contributed by atoms with Crippen molar-refractivity contribution < 1.29 is 4.74 Å². The summed E-state index contributed by atoms with van der Waals surface area (Å²) in [4.78, 5) is 14.3. The summed E-state index contributed by atoms with van der Waals surface area (Å²) in [5.74, 6) is 2.47. The van der Waals surface area contributed by atoms with Gasteiger partial charge in [-0.05, 0) is 13.1 Å². The average Bonchev–Trinajstić information content (AvgIpc) is 2.79. The summed E-state index contributed by atoms with van der Waals surface area (Å²) in [6.45, 7) is 4.53. The van der Waals surface area contributed by atoms with Crippen molar-refractivity contribution in [1.29, 1.82) is 0 Å². The van der Waals surface area contributed by atoms with Crippen LogP contribution in [0.2, 0.25) is 0 Å². The number of ether oxygens (including phenoxy) is 1. The second kappa shape index (κ2) is 8.92. The molecule has 2 aromatic carbocycles. The number of anilines is 2. The highest BCUT2D eigenvalue weighted by Crippen LogP contribution is 2.25. The molecule has 29 heavy (non-hydrogen) atoms. The fraction of sp³-hybridized carbons (Fsp3) is 0.304. The van der Waals surface area contributed by atoms with Gasteiger partial charge in [-0.1, -0.05) is 48.5 Å². The van der Waals surface area contributed by atoms with E-state index in [4.69, 9.17) is 14.7 Å². The number of methoxy groups -OCH3 is 1. The molecule has 6 heteroatoms. The van der Waals surface area contributed by atoms with Gasteiger partial charge in [0.15, 0.2) is 0 Å². The van der Waals surface area contributed by atoms with Crippen LogP contribution in [0.3, 0.4) is 0 Å². The van der Waals surface area contributed by atoms with Gasteiger partial charge in [0, 0.05) is 49.9 Å². The maximum atomic E-state index is 5.47. The van der Waals surface area contributed by atoms with Crippen LogP contribution < -0.4 is 15.0 Å². The standard InChI is InChI=1S/C23H27N5O/c1-27-12-14-28(15-13-27)23-25-20(18-8-4-3-5-9-18)16-22(26-23)24-17-19-10-6-7-11-21(19)29-2/h3-11,16H,12-15,17H2,1-2H3,(H,24,25,26). The van der Waals surface area contributed by atoms with E-state index in [1.165, 1.54) is 0 Å². The van der Waals surface area contributed by atoms with Crippen LogP contribution in [0.15, 0.2) is 60.7 Å². The molecule has 3 aromatic rings. The van der Waals surface area contributed by atoms with Crippen molar-refractivity contribution in [3.8, 4) is 17.0 Å². The Balaban J connectivity index is 1.62. The highest BCUT2D eigenvalue weighted by Gasteiger charge is 2.18. The molecule has 0 bridgehead atoms. The fourth-order valence-electron chi connectivity index (χ4n) is 3.46. The molecule has 0 aliphatic carbocycles. The molecule has 1 aliphatic heterocycles. The first-order valence-corrected chi connectivity index (χ1v) is 9.97. The van der Waals surface area contributed by atoms with Crippen LogP contribution >= 0.6 is 0 Å². The Bertz CT molecular complexity index is 939. The molecule has 1 aromatic heterocycles. The largest absolute Gasteiger partial charge is 0.496 e. The van der Waals surface area contributed by atoms with E-state index in [0.29, 0.717) is 6.54 Å². The third-order valence-corrected chi connectivity index (χ3v) is 5.22. The lowest BCUT2D eigenvalue weighted by atomic mass is 10.1. The number of likely N-dealkylation sites (N-methyl/N-ethyl adjacent to an activating group) is 1. The molecule has 0 spiro atoms. The predicted octanol–water partition coefficient (Wildman–Crippen LogP) is 3.52. The van der Waals surface area contributed by atoms with Gasteiger partial charge in [-0.3, -0.25) is 0 Å². The molecule has 1 saturated heterocycles. The van der Waals surface area contributed by atoms with Crippen LogP contribution in [0.5, 0.6) is 5.75 Å². The lowest BCUT2D eigenvalue weighted by molar-refractivity contribution is 0.311.